The molecule has 1 N–H and O–H groups in total. The van der Waals surface area contributed by atoms with Crippen LogP contribution < -0.4 is 11.2 Å². The summed E-state index contributed by atoms with van der Waals surface area (Å²) in [6, 6.07) is 0. The number of aromatic amines is 1. The number of aromatic nitrogens is 2. The van der Waals surface area contributed by atoms with E-state index in [1.165, 1.54) is 25.5 Å². The van der Waals surface area contributed by atoms with E-state index in [2.05, 4.69) is 4.98 Å². The molecule has 2 spiro atoms. The molecule has 3 heterocycles. The van der Waals surface area contributed by atoms with Crippen molar-refractivity contribution in [3.8, 4) is 0 Å². The Morgan fingerprint density at radius 3 is 2.90 bits per heavy atom. The summed E-state index contributed by atoms with van der Waals surface area (Å²) in [6.07, 6.45) is 5.65. The van der Waals surface area contributed by atoms with Gasteiger partial charge in [-0.05, 0) is 75.0 Å². The number of nitrogens with one attached hydrogen (secondary N) is 1. The standard InChI is InChI=1S/C28H37FN2O8/c1-15-12-31(25(33)30-24(15)32)23-8-21(29)22(38-23)14-35-26(34)37-19-3-2-4-28(11-19)36-13-16-5-17-6-18-7-20(39-28)10-27(17,18)9-16/h12,16-23H,2-11,13-14H2,1H3,(H,30,32,33). The Bertz CT molecular complexity index is 1250. The number of carbonyl (C=O) groups excluding carboxylic acids is 1. The quantitative estimate of drug-likeness (QED) is 0.568. The molecule has 39 heavy (non-hydrogen) atoms. The second kappa shape index (κ2) is 9.41. The Kier molecular flexibility index (Phi) is 6.20. The Hall–Kier alpha value is -2.24. The molecule has 1 aromatic heterocycles. The van der Waals surface area contributed by atoms with Gasteiger partial charge in [0.2, 0.25) is 0 Å². The molecule has 0 aromatic carbocycles. The highest BCUT2D eigenvalue weighted by atomic mass is 19.1. The van der Waals surface area contributed by atoms with Gasteiger partial charge in [0.25, 0.3) is 5.56 Å². The topological polar surface area (TPSA) is 118 Å². The Labute approximate surface area is 225 Å². The van der Waals surface area contributed by atoms with Crippen molar-refractivity contribution in [3.05, 3.63) is 32.6 Å². The smallest absolute Gasteiger partial charge is 0.431 e. The van der Waals surface area contributed by atoms with E-state index in [9.17, 15) is 18.8 Å². The van der Waals surface area contributed by atoms with Crippen LogP contribution >= 0.6 is 0 Å². The highest BCUT2D eigenvalue weighted by Crippen LogP contribution is 2.71. The van der Waals surface area contributed by atoms with Gasteiger partial charge in [-0.3, -0.25) is 14.3 Å². The number of fused-ring (bicyclic) bond motifs is 2. The van der Waals surface area contributed by atoms with Crippen LogP contribution in [0.5, 0.6) is 0 Å². The molecular formula is C28H37FN2O8. The van der Waals surface area contributed by atoms with Gasteiger partial charge in [0.15, 0.2) is 5.79 Å². The molecular weight excluding hydrogens is 511 g/mol. The summed E-state index contributed by atoms with van der Waals surface area (Å²) < 4.78 is 45.6. The van der Waals surface area contributed by atoms with E-state index in [-0.39, 0.29) is 19.1 Å². The van der Waals surface area contributed by atoms with Crippen LogP contribution in [0.1, 0.15) is 76.0 Å². The van der Waals surface area contributed by atoms with Crippen LogP contribution in [0.4, 0.5) is 9.18 Å². The normalized spacial score (nSPS) is 44.4. The molecule has 7 rings (SSSR count). The van der Waals surface area contributed by atoms with Crippen LogP contribution in [-0.4, -0.2) is 59.2 Å². The minimum Gasteiger partial charge on any atom is -0.431 e. The zero-order chi connectivity index (χ0) is 26.9. The van der Waals surface area contributed by atoms with Gasteiger partial charge in [-0.1, -0.05) is 0 Å². The average Bonchev–Trinajstić information content (AvgIpc) is 3.49. The summed E-state index contributed by atoms with van der Waals surface area (Å²) in [5.74, 6) is 1.49. The van der Waals surface area contributed by atoms with Crippen molar-refractivity contribution >= 4 is 6.16 Å². The first-order valence-electron chi connectivity index (χ1n) is 14.5. The SMILES string of the molecule is Cc1cn(C2CC(F)C(COC(=O)OC3CCCC4(C3)OCC3CC5CC6CC(CC56C3)O4)O2)c(=O)[nH]c1=O. The molecule has 10 nitrogen and oxygen atoms in total. The number of hydrogen-bond acceptors (Lipinski definition) is 8. The first-order valence-corrected chi connectivity index (χ1v) is 14.5. The van der Waals surface area contributed by atoms with Crippen LogP contribution in [0.3, 0.4) is 0 Å². The number of rotatable bonds is 4. The van der Waals surface area contributed by atoms with Crippen molar-refractivity contribution in [2.75, 3.05) is 13.2 Å². The van der Waals surface area contributed by atoms with E-state index in [1.807, 2.05) is 0 Å². The summed E-state index contributed by atoms with van der Waals surface area (Å²) in [5.41, 5.74) is -0.382. The molecule has 6 aliphatic rings. The van der Waals surface area contributed by atoms with E-state index in [0.717, 1.165) is 42.1 Å². The fourth-order valence-electron chi connectivity index (χ4n) is 8.69. The second-order valence-corrected chi connectivity index (χ2v) is 12.8. The molecule has 6 fully saturated rings. The lowest BCUT2D eigenvalue weighted by molar-refractivity contribution is -0.286. The number of hydrogen-bond donors (Lipinski definition) is 1. The molecule has 214 valence electrons. The van der Waals surface area contributed by atoms with Gasteiger partial charge in [-0.2, -0.15) is 0 Å². The van der Waals surface area contributed by atoms with Crippen molar-refractivity contribution in [1.29, 1.82) is 0 Å². The van der Waals surface area contributed by atoms with E-state index in [4.69, 9.17) is 23.7 Å². The summed E-state index contributed by atoms with van der Waals surface area (Å²) in [6.45, 7) is 1.91. The highest BCUT2D eigenvalue weighted by Gasteiger charge is 2.65. The lowest BCUT2D eigenvalue weighted by atomic mass is 9.56. The molecule has 11 heteroatoms. The van der Waals surface area contributed by atoms with Gasteiger partial charge in [-0.15, -0.1) is 0 Å². The third kappa shape index (κ3) is 4.44. The first kappa shape index (κ1) is 25.7. The second-order valence-electron chi connectivity index (χ2n) is 12.8. The van der Waals surface area contributed by atoms with E-state index >= 15 is 0 Å². The Balaban J connectivity index is 0.942. The van der Waals surface area contributed by atoms with Gasteiger partial charge < -0.3 is 23.7 Å². The van der Waals surface area contributed by atoms with E-state index in [1.54, 1.807) is 6.92 Å². The van der Waals surface area contributed by atoms with Crippen LogP contribution in [0.2, 0.25) is 0 Å². The molecule has 0 radical (unpaired) electrons. The number of carbonyl (C=O) groups is 1. The van der Waals surface area contributed by atoms with Crippen molar-refractivity contribution in [2.24, 2.45) is 23.2 Å². The van der Waals surface area contributed by atoms with Crippen LogP contribution in [0.15, 0.2) is 15.8 Å². The fourth-order valence-corrected chi connectivity index (χ4v) is 8.69. The van der Waals surface area contributed by atoms with Crippen LogP contribution in [0.25, 0.3) is 0 Å². The molecule has 4 saturated carbocycles. The van der Waals surface area contributed by atoms with Gasteiger partial charge in [-0.25, -0.2) is 14.0 Å². The maximum Gasteiger partial charge on any atom is 0.508 e. The van der Waals surface area contributed by atoms with Crippen molar-refractivity contribution < 1.29 is 32.9 Å². The summed E-state index contributed by atoms with van der Waals surface area (Å²) in [5, 5.41) is 0. The largest absolute Gasteiger partial charge is 0.508 e. The number of aryl methyl sites for hydroxylation is 1. The monoisotopic (exact) mass is 548 g/mol. The summed E-state index contributed by atoms with van der Waals surface area (Å²) in [7, 11) is 0. The van der Waals surface area contributed by atoms with E-state index in [0.29, 0.717) is 36.3 Å². The average molecular weight is 549 g/mol. The first-order chi connectivity index (χ1) is 18.7. The Morgan fingerprint density at radius 2 is 2.03 bits per heavy atom. The minimum absolute atomic E-state index is 0.0979. The molecule has 2 saturated heterocycles. The molecule has 4 aliphatic carbocycles. The third-order valence-electron chi connectivity index (χ3n) is 10.5. The highest BCUT2D eigenvalue weighted by molar-refractivity contribution is 5.60. The molecule has 10 atom stereocenters. The lowest BCUT2D eigenvalue weighted by Gasteiger charge is -2.48. The van der Waals surface area contributed by atoms with Gasteiger partial charge in [0, 0.05) is 31.0 Å². The molecule has 10 unspecified atom stereocenters. The fraction of sp³-hybridized carbons (Fsp3) is 0.821. The summed E-state index contributed by atoms with van der Waals surface area (Å²) in [4.78, 5) is 38.6. The predicted molar refractivity (Wildman–Crippen MR) is 134 cm³/mol. The maximum absolute atomic E-state index is 14.7. The van der Waals surface area contributed by atoms with Crippen molar-refractivity contribution in [2.45, 2.75) is 108 Å². The van der Waals surface area contributed by atoms with Gasteiger partial charge >= 0.3 is 11.8 Å². The number of H-pyrrole nitrogens is 1. The van der Waals surface area contributed by atoms with Crippen molar-refractivity contribution in [1.82, 2.24) is 9.55 Å². The molecule has 1 aromatic rings. The van der Waals surface area contributed by atoms with Crippen molar-refractivity contribution in [3.63, 3.8) is 0 Å². The van der Waals surface area contributed by atoms with Gasteiger partial charge in [0.05, 0.1) is 12.7 Å². The zero-order valence-electron chi connectivity index (χ0n) is 22.3. The summed E-state index contributed by atoms with van der Waals surface area (Å²) >= 11 is 0. The maximum atomic E-state index is 14.7. The number of halogens is 1. The van der Waals surface area contributed by atoms with Crippen LogP contribution in [0, 0.1) is 30.1 Å². The predicted octanol–water partition coefficient (Wildman–Crippen LogP) is 3.50. The molecule has 0 amide bonds. The Morgan fingerprint density at radius 1 is 1.18 bits per heavy atom. The van der Waals surface area contributed by atoms with E-state index < -0.39 is 47.8 Å². The lowest BCUT2D eigenvalue weighted by Crippen LogP contribution is -2.46. The van der Waals surface area contributed by atoms with Crippen LogP contribution in [-0.2, 0) is 23.7 Å². The number of alkyl halides is 1. The number of ether oxygens (including phenoxy) is 5. The van der Waals surface area contributed by atoms with Gasteiger partial charge in [0.1, 0.15) is 31.2 Å². The molecule has 3 bridgehead atoms. The zero-order valence-corrected chi connectivity index (χ0v) is 22.3. The number of nitrogens with zero attached hydrogens (tertiary/aromatic N) is 1. The third-order valence-corrected chi connectivity index (χ3v) is 10.5. The molecule has 2 aliphatic heterocycles. The minimum atomic E-state index is -1.45.